The third-order valence-corrected chi connectivity index (χ3v) is 5.99. The van der Waals surface area contributed by atoms with Crippen LogP contribution in [0.3, 0.4) is 0 Å². The lowest BCUT2D eigenvalue weighted by Gasteiger charge is -2.26. The van der Waals surface area contributed by atoms with Crippen LogP contribution < -0.4 is 11.1 Å². The number of hydrogen-bond acceptors (Lipinski definition) is 4. The zero-order chi connectivity index (χ0) is 14.3. The van der Waals surface area contributed by atoms with E-state index in [-0.39, 0.29) is 11.5 Å². The number of benzene rings is 1. The third kappa shape index (κ3) is 3.46. The second kappa shape index (κ2) is 5.03. The van der Waals surface area contributed by atoms with Gasteiger partial charge in [0, 0.05) is 21.3 Å². The van der Waals surface area contributed by atoms with Gasteiger partial charge in [-0.05, 0) is 47.5 Å². The van der Waals surface area contributed by atoms with Gasteiger partial charge in [0.25, 0.3) is 0 Å². The fraction of sp³-hybridized carbons (Fsp3) is 0.417. The Kier molecular flexibility index (Phi) is 3.90. The van der Waals surface area contributed by atoms with Crippen molar-refractivity contribution < 1.29 is 8.42 Å². The third-order valence-electron chi connectivity index (χ3n) is 3.19. The lowest BCUT2D eigenvalue weighted by molar-refractivity contribution is 0.574. The van der Waals surface area contributed by atoms with Gasteiger partial charge >= 0.3 is 0 Å². The second-order valence-electron chi connectivity index (χ2n) is 5.09. The second-order valence-corrected chi connectivity index (χ2v) is 8.56. The number of anilines is 1. The first-order valence-electron chi connectivity index (χ1n) is 5.79. The van der Waals surface area contributed by atoms with Crippen LogP contribution >= 0.6 is 28.1 Å². The van der Waals surface area contributed by atoms with E-state index in [0.717, 1.165) is 15.7 Å². The Balaban J connectivity index is 2.23. The van der Waals surface area contributed by atoms with Gasteiger partial charge in [-0.2, -0.15) is 0 Å². The highest BCUT2D eigenvalue weighted by molar-refractivity contribution is 9.10. The summed E-state index contributed by atoms with van der Waals surface area (Å²) in [5.74, 6) is 0.391. The van der Waals surface area contributed by atoms with Crippen molar-refractivity contribution in [3.05, 3.63) is 28.2 Å². The zero-order valence-electron chi connectivity index (χ0n) is 10.4. The fourth-order valence-electron chi connectivity index (χ4n) is 2.20. The van der Waals surface area contributed by atoms with Crippen molar-refractivity contribution in [2.24, 2.45) is 5.73 Å². The predicted molar refractivity (Wildman–Crippen MR) is 85.3 cm³/mol. The summed E-state index contributed by atoms with van der Waals surface area (Å²) >= 11 is 8.37. The minimum atomic E-state index is -2.93. The number of halogens is 1. The Morgan fingerprint density at radius 1 is 1.53 bits per heavy atom. The van der Waals surface area contributed by atoms with E-state index in [2.05, 4.69) is 21.2 Å². The predicted octanol–water partition coefficient (Wildman–Crippen LogP) is 2.07. The normalized spacial score (nSPS) is 25.2. The van der Waals surface area contributed by atoms with Gasteiger partial charge < -0.3 is 11.1 Å². The van der Waals surface area contributed by atoms with Gasteiger partial charge in [0.2, 0.25) is 0 Å². The summed E-state index contributed by atoms with van der Waals surface area (Å²) in [5.41, 5.74) is 6.77. The highest BCUT2D eigenvalue weighted by Gasteiger charge is 2.38. The summed E-state index contributed by atoms with van der Waals surface area (Å²) in [6, 6.07) is 5.51. The molecular weight excluding hydrogens is 348 g/mol. The van der Waals surface area contributed by atoms with Crippen molar-refractivity contribution in [3.63, 3.8) is 0 Å². The van der Waals surface area contributed by atoms with Crippen LogP contribution in [0, 0.1) is 0 Å². The molecule has 104 valence electrons. The number of sulfone groups is 1. The minimum absolute atomic E-state index is 0.156. The summed E-state index contributed by atoms with van der Waals surface area (Å²) < 4.78 is 24.0. The maximum absolute atomic E-state index is 11.6. The maximum atomic E-state index is 11.6. The van der Waals surface area contributed by atoms with Gasteiger partial charge in [-0.15, -0.1) is 0 Å². The van der Waals surface area contributed by atoms with E-state index in [0.29, 0.717) is 11.4 Å². The van der Waals surface area contributed by atoms with Crippen molar-refractivity contribution in [3.8, 4) is 0 Å². The van der Waals surface area contributed by atoms with E-state index in [1.165, 1.54) is 0 Å². The standard InChI is InChI=1S/C12H15BrN2O2S2/c1-12(4-5-19(16,17)7-12)15-10-3-2-8(11(14)18)6-9(10)13/h2-3,6,15H,4-5,7H2,1H3,(H2,14,18). The smallest absolute Gasteiger partial charge is 0.152 e. The van der Waals surface area contributed by atoms with E-state index < -0.39 is 15.4 Å². The molecule has 1 saturated heterocycles. The van der Waals surface area contributed by atoms with Crippen molar-refractivity contribution >= 4 is 48.7 Å². The molecule has 1 heterocycles. The lowest BCUT2D eigenvalue weighted by Crippen LogP contribution is -2.36. The molecule has 0 amide bonds. The Hall–Kier alpha value is -0.660. The zero-order valence-corrected chi connectivity index (χ0v) is 13.7. The summed E-state index contributed by atoms with van der Waals surface area (Å²) in [7, 11) is -2.93. The summed E-state index contributed by atoms with van der Waals surface area (Å²) in [6.07, 6.45) is 0.610. The Labute approximate surface area is 126 Å². The van der Waals surface area contributed by atoms with Gasteiger partial charge in [-0.25, -0.2) is 8.42 Å². The largest absolute Gasteiger partial charge is 0.389 e. The molecule has 19 heavy (non-hydrogen) atoms. The molecule has 1 fully saturated rings. The molecule has 1 unspecified atom stereocenters. The SMILES string of the molecule is CC1(Nc2ccc(C(N)=S)cc2Br)CCS(=O)(=O)C1. The van der Waals surface area contributed by atoms with E-state index in [9.17, 15) is 8.42 Å². The summed E-state index contributed by atoms with van der Waals surface area (Å²) in [5, 5.41) is 3.30. The Bertz CT molecular complexity index is 631. The van der Waals surface area contributed by atoms with Crippen LogP contribution in [0.15, 0.2) is 22.7 Å². The van der Waals surface area contributed by atoms with Gasteiger partial charge in [0.1, 0.15) is 4.99 Å². The van der Waals surface area contributed by atoms with Gasteiger partial charge in [-0.3, -0.25) is 0 Å². The fourth-order valence-corrected chi connectivity index (χ4v) is 4.90. The molecule has 4 nitrogen and oxygen atoms in total. The van der Waals surface area contributed by atoms with Gasteiger partial charge in [0.15, 0.2) is 9.84 Å². The van der Waals surface area contributed by atoms with Crippen LogP contribution in [0.4, 0.5) is 5.69 Å². The molecule has 7 heteroatoms. The summed E-state index contributed by atoms with van der Waals surface area (Å²) in [6.45, 7) is 1.92. The quantitative estimate of drug-likeness (QED) is 0.805. The van der Waals surface area contributed by atoms with Crippen LogP contribution in [-0.2, 0) is 9.84 Å². The molecule has 1 aliphatic rings. The van der Waals surface area contributed by atoms with Crippen LogP contribution in [0.1, 0.15) is 18.9 Å². The molecule has 1 aromatic rings. The first-order valence-corrected chi connectivity index (χ1v) is 8.81. The molecular formula is C12H15BrN2O2S2. The van der Waals surface area contributed by atoms with Gasteiger partial charge in [-0.1, -0.05) is 12.2 Å². The molecule has 0 radical (unpaired) electrons. The molecule has 2 rings (SSSR count). The first-order chi connectivity index (χ1) is 8.71. The number of nitrogens with one attached hydrogen (secondary N) is 1. The van der Waals surface area contributed by atoms with Gasteiger partial charge in [0.05, 0.1) is 11.5 Å². The van der Waals surface area contributed by atoms with E-state index in [1.54, 1.807) is 0 Å². The molecule has 0 bridgehead atoms. The molecule has 3 N–H and O–H groups in total. The van der Waals surface area contributed by atoms with E-state index in [1.807, 2.05) is 25.1 Å². The molecule has 0 saturated carbocycles. The minimum Gasteiger partial charge on any atom is -0.389 e. The van der Waals surface area contributed by atoms with E-state index >= 15 is 0 Å². The number of thiocarbonyl (C=S) groups is 1. The number of rotatable bonds is 3. The van der Waals surface area contributed by atoms with E-state index in [4.69, 9.17) is 18.0 Å². The molecule has 0 aliphatic carbocycles. The molecule has 1 aromatic carbocycles. The van der Waals surface area contributed by atoms with Crippen LogP contribution in [-0.4, -0.2) is 30.5 Å². The highest BCUT2D eigenvalue weighted by Crippen LogP contribution is 2.31. The average Bonchev–Trinajstić information content (AvgIpc) is 2.56. The molecule has 0 aromatic heterocycles. The average molecular weight is 363 g/mol. The lowest BCUT2D eigenvalue weighted by atomic mass is 10.0. The van der Waals surface area contributed by atoms with Crippen molar-refractivity contribution in [1.82, 2.24) is 0 Å². The molecule has 1 atom stereocenters. The highest BCUT2D eigenvalue weighted by atomic mass is 79.9. The molecule has 1 aliphatic heterocycles. The Morgan fingerprint density at radius 2 is 2.21 bits per heavy atom. The van der Waals surface area contributed by atoms with Crippen LogP contribution in [0.2, 0.25) is 0 Å². The van der Waals surface area contributed by atoms with Crippen LogP contribution in [0.25, 0.3) is 0 Å². The summed E-state index contributed by atoms with van der Waals surface area (Å²) in [4.78, 5) is 0.335. The van der Waals surface area contributed by atoms with Crippen LogP contribution in [0.5, 0.6) is 0 Å². The topological polar surface area (TPSA) is 72.2 Å². The first kappa shape index (κ1) is 14.7. The Morgan fingerprint density at radius 3 is 2.68 bits per heavy atom. The van der Waals surface area contributed by atoms with Crippen molar-refractivity contribution in [2.75, 3.05) is 16.8 Å². The maximum Gasteiger partial charge on any atom is 0.152 e. The van der Waals surface area contributed by atoms with Crippen molar-refractivity contribution in [1.29, 1.82) is 0 Å². The molecule has 0 spiro atoms. The number of nitrogens with two attached hydrogens (primary N) is 1. The van der Waals surface area contributed by atoms with Crippen molar-refractivity contribution in [2.45, 2.75) is 18.9 Å². The number of hydrogen-bond donors (Lipinski definition) is 2. The monoisotopic (exact) mass is 362 g/mol.